The maximum absolute atomic E-state index is 5.66. The van der Waals surface area contributed by atoms with E-state index in [2.05, 4.69) is 101 Å². The van der Waals surface area contributed by atoms with Crippen LogP contribution in [0, 0.1) is 3.57 Å². The Labute approximate surface area is 187 Å². The topological polar surface area (TPSA) is 21.7 Å². The van der Waals surface area contributed by atoms with Gasteiger partial charge in [-0.2, -0.15) is 0 Å². The molecule has 0 fully saturated rings. The zero-order chi connectivity index (χ0) is 20.5. The quantitative estimate of drug-likeness (QED) is 0.187. The van der Waals surface area contributed by atoms with Crippen molar-refractivity contribution in [1.82, 2.24) is 0 Å². The third-order valence-corrected chi connectivity index (χ3v) is 5.39. The van der Waals surface area contributed by atoms with Gasteiger partial charge in [0, 0.05) is 22.9 Å². The zero-order valence-corrected chi connectivity index (χ0v) is 19.0. The summed E-state index contributed by atoms with van der Waals surface area (Å²) in [5.74, 6) is 0.865. The molecule has 3 aromatic carbocycles. The molecule has 3 aromatic rings. The smallest absolute Gasteiger partial charge is 0.119 e. The molecule has 0 aliphatic rings. The fourth-order valence-corrected chi connectivity index (χ4v) is 3.82. The average Bonchev–Trinajstić information content (AvgIpc) is 2.76. The molecule has 0 atom stereocenters. The summed E-state index contributed by atoms with van der Waals surface area (Å²) in [6, 6.07) is 25.0. The fourth-order valence-electron chi connectivity index (χ4n) is 2.92. The monoisotopic (exact) mass is 499 g/mol. The standard InChI is InChI=1S/C25H26INO2/c1-3-28-17-18-29-23-14-11-20(12-15-23)9-10-21-13-16-25(24(26)19-21)27(2)22-7-5-4-6-8-22/h4-16,19H,3,17-18H2,1-2H3/b10-9+. The molecule has 0 amide bonds. The zero-order valence-electron chi connectivity index (χ0n) is 16.8. The summed E-state index contributed by atoms with van der Waals surface area (Å²) >= 11 is 2.40. The molecule has 0 aromatic heterocycles. The first-order chi connectivity index (χ1) is 14.2. The first-order valence-corrected chi connectivity index (χ1v) is 10.8. The summed E-state index contributed by atoms with van der Waals surface area (Å²) in [7, 11) is 2.10. The van der Waals surface area contributed by atoms with E-state index >= 15 is 0 Å². The number of ether oxygens (including phenoxy) is 2. The van der Waals surface area contributed by atoms with Gasteiger partial charge < -0.3 is 14.4 Å². The molecule has 0 radical (unpaired) electrons. The van der Waals surface area contributed by atoms with Crippen LogP contribution in [0.5, 0.6) is 5.75 Å². The molecular weight excluding hydrogens is 473 g/mol. The van der Waals surface area contributed by atoms with Crippen LogP contribution in [0.3, 0.4) is 0 Å². The van der Waals surface area contributed by atoms with Gasteiger partial charge in [0.2, 0.25) is 0 Å². The third-order valence-electron chi connectivity index (χ3n) is 4.53. The van der Waals surface area contributed by atoms with Crippen molar-refractivity contribution in [3.05, 3.63) is 87.5 Å². The summed E-state index contributed by atoms with van der Waals surface area (Å²) < 4.78 is 12.2. The van der Waals surface area contributed by atoms with E-state index in [1.54, 1.807) is 0 Å². The second-order valence-electron chi connectivity index (χ2n) is 6.55. The number of benzene rings is 3. The maximum atomic E-state index is 5.66. The van der Waals surface area contributed by atoms with Gasteiger partial charge in [0.15, 0.2) is 0 Å². The molecule has 3 nitrogen and oxygen atoms in total. The Hall–Kier alpha value is -2.31. The minimum atomic E-state index is 0.575. The van der Waals surface area contributed by atoms with Crippen molar-refractivity contribution in [1.29, 1.82) is 0 Å². The highest BCUT2D eigenvalue weighted by Gasteiger charge is 2.07. The molecule has 0 saturated carbocycles. The highest BCUT2D eigenvalue weighted by atomic mass is 127. The Morgan fingerprint density at radius 3 is 2.24 bits per heavy atom. The van der Waals surface area contributed by atoms with E-state index in [4.69, 9.17) is 9.47 Å². The largest absolute Gasteiger partial charge is 0.491 e. The molecule has 4 heteroatoms. The number of anilines is 2. The summed E-state index contributed by atoms with van der Waals surface area (Å²) in [6.07, 6.45) is 4.26. The maximum Gasteiger partial charge on any atom is 0.119 e. The van der Waals surface area contributed by atoms with E-state index in [0.717, 1.165) is 17.9 Å². The van der Waals surface area contributed by atoms with Gasteiger partial charge in [0.05, 0.1) is 12.3 Å². The Morgan fingerprint density at radius 1 is 0.862 bits per heavy atom. The summed E-state index contributed by atoms with van der Waals surface area (Å²) in [5.41, 5.74) is 4.69. The predicted molar refractivity (Wildman–Crippen MR) is 131 cm³/mol. The van der Waals surface area contributed by atoms with E-state index < -0.39 is 0 Å². The second kappa shape index (κ2) is 11.0. The van der Waals surface area contributed by atoms with Gasteiger partial charge in [-0.25, -0.2) is 0 Å². The van der Waals surface area contributed by atoms with Gasteiger partial charge in [0.25, 0.3) is 0 Å². The van der Waals surface area contributed by atoms with Crippen LogP contribution in [0.4, 0.5) is 11.4 Å². The molecule has 0 unspecified atom stereocenters. The molecule has 0 bridgehead atoms. The Bertz CT molecular complexity index is 923. The molecule has 0 spiro atoms. The van der Waals surface area contributed by atoms with Crippen molar-refractivity contribution in [2.75, 3.05) is 31.8 Å². The minimum absolute atomic E-state index is 0.575. The number of hydrogen-bond donors (Lipinski definition) is 0. The SMILES string of the molecule is CCOCCOc1ccc(/C=C/c2ccc(N(C)c3ccccc3)c(I)c2)cc1. The van der Waals surface area contributed by atoms with Gasteiger partial charge in [0.1, 0.15) is 12.4 Å². The summed E-state index contributed by atoms with van der Waals surface area (Å²) in [6.45, 7) is 3.89. The van der Waals surface area contributed by atoms with Gasteiger partial charge in [-0.15, -0.1) is 0 Å². The number of para-hydroxylation sites is 1. The molecule has 0 heterocycles. The van der Waals surface area contributed by atoms with Gasteiger partial charge in [-0.05, 0) is 77.0 Å². The van der Waals surface area contributed by atoms with Crippen LogP contribution in [0.2, 0.25) is 0 Å². The Balaban J connectivity index is 1.63. The van der Waals surface area contributed by atoms with Crippen LogP contribution in [-0.4, -0.2) is 26.9 Å². The van der Waals surface area contributed by atoms with Gasteiger partial charge in [-0.1, -0.05) is 48.6 Å². The molecular formula is C25H26INO2. The van der Waals surface area contributed by atoms with Crippen molar-refractivity contribution in [2.24, 2.45) is 0 Å². The van der Waals surface area contributed by atoms with Crippen LogP contribution in [0.1, 0.15) is 18.1 Å². The van der Waals surface area contributed by atoms with E-state index in [1.165, 1.54) is 20.5 Å². The third kappa shape index (κ3) is 6.34. The van der Waals surface area contributed by atoms with Crippen LogP contribution in [0.15, 0.2) is 72.8 Å². The van der Waals surface area contributed by atoms with Crippen LogP contribution in [-0.2, 0) is 4.74 Å². The highest BCUT2D eigenvalue weighted by molar-refractivity contribution is 14.1. The van der Waals surface area contributed by atoms with Crippen LogP contribution < -0.4 is 9.64 Å². The lowest BCUT2D eigenvalue weighted by atomic mass is 10.1. The van der Waals surface area contributed by atoms with Crippen molar-refractivity contribution < 1.29 is 9.47 Å². The molecule has 3 rings (SSSR count). The first kappa shape index (κ1) is 21.4. The Morgan fingerprint density at radius 2 is 1.55 bits per heavy atom. The fraction of sp³-hybridized carbons (Fsp3) is 0.200. The Kier molecular flexibility index (Phi) is 8.14. The average molecular weight is 499 g/mol. The summed E-state index contributed by atoms with van der Waals surface area (Å²) in [4.78, 5) is 2.21. The molecule has 150 valence electrons. The molecule has 29 heavy (non-hydrogen) atoms. The van der Waals surface area contributed by atoms with Crippen LogP contribution >= 0.6 is 22.6 Å². The van der Waals surface area contributed by atoms with Crippen molar-refractivity contribution in [2.45, 2.75) is 6.92 Å². The molecule has 0 saturated heterocycles. The summed E-state index contributed by atoms with van der Waals surface area (Å²) in [5, 5.41) is 0. The van der Waals surface area contributed by atoms with Crippen LogP contribution in [0.25, 0.3) is 12.2 Å². The minimum Gasteiger partial charge on any atom is -0.491 e. The van der Waals surface area contributed by atoms with E-state index in [1.807, 2.05) is 25.1 Å². The van der Waals surface area contributed by atoms with Gasteiger partial charge >= 0.3 is 0 Å². The second-order valence-corrected chi connectivity index (χ2v) is 7.72. The van der Waals surface area contributed by atoms with E-state index in [9.17, 15) is 0 Å². The van der Waals surface area contributed by atoms with Crippen molar-refractivity contribution in [3.63, 3.8) is 0 Å². The number of hydrogen-bond acceptors (Lipinski definition) is 3. The molecule has 0 aliphatic carbocycles. The van der Waals surface area contributed by atoms with Crippen molar-refractivity contribution >= 4 is 46.1 Å². The lowest BCUT2D eigenvalue weighted by Crippen LogP contribution is -2.10. The number of rotatable bonds is 9. The van der Waals surface area contributed by atoms with Gasteiger partial charge in [-0.3, -0.25) is 0 Å². The lowest BCUT2D eigenvalue weighted by Gasteiger charge is -2.21. The van der Waals surface area contributed by atoms with E-state index in [0.29, 0.717) is 13.2 Å². The number of halogens is 1. The highest BCUT2D eigenvalue weighted by Crippen LogP contribution is 2.29. The predicted octanol–water partition coefficient (Wildman–Crippen LogP) is 6.64. The normalized spacial score (nSPS) is 11.0. The molecule has 0 aliphatic heterocycles. The number of nitrogens with zero attached hydrogens (tertiary/aromatic N) is 1. The lowest BCUT2D eigenvalue weighted by molar-refractivity contribution is 0.110. The van der Waals surface area contributed by atoms with Crippen molar-refractivity contribution in [3.8, 4) is 5.75 Å². The first-order valence-electron chi connectivity index (χ1n) is 9.74. The molecule has 0 N–H and O–H groups in total. The van der Waals surface area contributed by atoms with E-state index in [-0.39, 0.29) is 0 Å².